The number of benzene rings is 1. The highest BCUT2D eigenvalue weighted by molar-refractivity contribution is 7.89. The van der Waals surface area contributed by atoms with E-state index in [-0.39, 0.29) is 16.5 Å². The number of anilines is 1. The monoisotopic (exact) mass is 302 g/mol. The Balaban J connectivity index is 2.74. The van der Waals surface area contributed by atoms with Crippen LogP contribution in [0, 0.1) is 11.7 Å². The molecule has 1 atom stereocenters. The van der Waals surface area contributed by atoms with Crippen LogP contribution in [-0.4, -0.2) is 15.0 Å². The van der Waals surface area contributed by atoms with Crippen molar-refractivity contribution in [3.63, 3.8) is 0 Å². The predicted octanol–water partition coefficient (Wildman–Crippen LogP) is 2.90. The van der Waals surface area contributed by atoms with Crippen LogP contribution in [0.2, 0.25) is 0 Å². The molecule has 3 N–H and O–H groups in total. The Labute approximate surface area is 120 Å². The minimum absolute atomic E-state index is 0.204. The number of nitrogens with two attached hydrogens (primary N) is 1. The molecule has 0 saturated heterocycles. The van der Waals surface area contributed by atoms with E-state index in [0.717, 1.165) is 31.7 Å². The van der Waals surface area contributed by atoms with Crippen molar-refractivity contribution in [1.82, 2.24) is 4.72 Å². The fourth-order valence-corrected chi connectivity index (χ4v) is 3.16. The van der Waals surface area contributed by atoms with E-state index in [4.69, 9.17) is 5.73 Å². The Kier molecular flexibility index (Phi) is 6.42. The van der Waals surface area contributed by atoms with Crippen molar-refractivity contribution in [2.75, 3.05) is 12.3 Å². The number of nitrogens with one attached hydrogen (secondary N) is 1. The highest BCUT2D eigenvalue weighted by Crippen LogP contribution is 2.18. The minimum Gasteiger partial charge on any atom is -0.399 e. The average Bonchev–Trinajstić information content (AvgIpc) is 2.38. The molecule has 0 aromatic heterocycles. The molecule has 0 radical (unpaired) electrons. The first-order valence-corrected chi connectivity index (χ1v) is 8.43. The van der Waals surface area contributed by atoms with Gasteiger partial charge in [0.2, 0.25) is 10.0 Å². The van der Waals surface area contributed by atoms with Gasteiger partial charge in [-0.25, -0.2) is 17.5 Å². The van der Waals surface area contributed by atoms with Gasteiger partial charge in [-0.05, 0) is 30.5 Å². The molecule has 0 saturated carbocycles. The van der Waals surface area contributed by atoms with Crippen LogP contribution < -0.4 is 10.5 Å². The number of rotatable bonds is 8. The maximum absolute atomic E-state index is 13.7. The highest BCUT2D eigenvalue weighted by atomic mass is 32.2. The maximum Gasteiger partial charge on any atom is 0.243 e. The fourth-order valence-electron chi connectivity index (χ4n) is 1.98. The summed E-state index contributed by atoms with van der Waals surface area (Å²) in [5.41, 5.74) is 5.62. The van der Waals surface area contributed by atoms with Crippen molar-refractivity contribution in [3.8, 4) is 0 Å². The third-order valence-corrected chi connectivity index (χ3v) is 4.81. The van der Waals surface area contributed by atoms with Gasteiger partial charge < -0.3 is 5.73 Å². The molecule has 0 fully saturated rings. The molecule has 20 heavy (non-hydrogen) atoms. The molecule has 1 rings (SSSR count). The van der Waals surface area contributed by atoms with Gasteiger partial charge in [-0.3, -0.25) is 0 Å². The van der Waals surface area contributed by atoms with Crippen LogP contribution in [0.4, 0.5) is 10.1 Å². The normalized spacial score (nSPS) is 13.3. The van der Waals surface area contributed by atoms with Crippen molar-refractivity contribution in [2.24, 2.45) is 5.92 Å². The van der Waals surface area contributed by atoms with Crippen LogP contribution in [0.3, 0.4) is 0 Å². The number of halogens is 1. The largest absolute Gasteiger partial charge is 0.399 e. The number of sulfonamides is 1. The number of hydrogen-bond acceptors (Lipinski definition) is 3. The standard InChI is InChI=1S/C14H23FN2O2S/c1-3-5-6-11(4-2)10-17-20(18,19)14-8-7-12(16)9-13(14)15/h7-9,11,17H,3-6,10,16H2,1-2H3. The summed E-state index contributed by atoms with van der Waals surface area (Å²) in [6.45, 7) is 4.46. The molecule has 1 aromatic rings. The van der Waals surface area contributed by atoms with E-state index in [1.54, 1.807) is 0 Å². The molecule has 0 amide bonds. The lowest BCUT2D eigenvalue weighted by Gasteiger charge is -2.15. The third kappa shape index (κ3) is 4.76. The van der Waals surface area contributed by atoms with Crippen molar-refractivity contribution in [1.29, 1.82) is 0 Å². The summed E-state index contributed by atoms with van der Waals surface area (Å²) in [6, 6.07) is 3.59. The van der Waals surface area contributed by atoms with Crippen LogP contribution in [-0.2, 0) is 10.0 Å². The van der Waals surface area contributed by atoms with Gasteiger partial charge in [0, 0.05) is 12.2 Å². The van der Waals surface area contributed by atoms with E-state index in [2.05, 4.69) is 11.6 Å². The molecule has 4 nitrogen and oxygen atoms in total. The van der Waals surface area contributed by atoms with Gasteiger partial charge in [0.15, 0.2) is 0 Å². The zero-order chi connectivity index (χ0) is 15.2. The Morgan fingerprint density at radius 2 is 2.05 bits per heavy atom. The molecule has 114 valence electrons. The van der Waals surface area contributed by atoms with Crippen LogP contribution in [0.1, 0.15) is 39.5 Å². The maximum atomic E-state index is 13.7. The molecule has 0 heterocycles. The summed E-state index contributed by atoms with van der Waals surface area (Å²) in [6.07, 6.45) is 4.01. The molecule has 0 aliphatic heterocycles. The van der Waals surface area contributed by atoms with Gasteiger partial charge >= 0.3 is 0 Å². The zero-order valence-electron chi connectivity index (χ0n) is 12.0. The van der Waals surface area contributed by atoms with Gasteiger partial charge in [-0.1, -0.05) is 33.1 Å². The van der Waals surface area contributed by atoms with Crippen molar-refractivity contribution < 1.29 is 12.8 Å². The summed E-state index contributed by atoms with van der Waals surface area (Å²) in [5, 5.41) is 0. The molecule has 0 aliphatic rings. The fraction of sp³-hybridized carbons (Fsp3) is 0.571. The Bertz CT molecular complexity index is 532. The number of nitrogen functional groups attached to an aromatic ring is 1. The SMILES string of the molecule is CCCCC(CC)CNS(=O)(=O)c1ccc(N)cc1F. The number of unbranched alkanes of at least 4 members (excludes halogenated alkanes) is 1. The topological polar surface area (TPSA) is 72.2 Å². The first kappa shape index (κ1) is 16.9. The first-order valence-electron chi connectivity index (χ1n) is 6.95. The Hall–Kier alpha value is -1.14. The van der Waals surface area contributed by atoms with Gasteiger partial charge in [0.25, 0.3) is 0 Å². The summed E-state index contributed by atoms with van der Waals surface area (Å²) in [4.78, 5) is -0.350. The molecular weight excluding hydrogens is 279 g/mol. The van der Waals surface area contributed by atoms with Crippen molar-refractivity contribution in [3.05, 3.63) is 24.0 Å². The molecule has 6 heteroatoms. The van der Waals surface area contributed by atoms with E-state index in [0.29, 0.717) is 6.54 Å². The van der Waals surface area contributed by atoms with E-state index in [1.807, 2.05) is 6.92 Å². The first-order chi connectivity index (χ1) is 9.40. The summed E-state index contributed by atoms with van der Waals surface area (Å²) in [7, 11) is -3.82. The zero-order valence-corrected chi connectivity index (χ0v) is 12.8. The third-order valence-electron chi connectivity index (χ3n) is 3.35. The quantitative estimate of drug-likeness (QED) is 0.725. The second-order valence-electron chi connectivity index (χ2n) is 4.96. The molecule has 1 unspecified atom stereocenters. The predicted molar refractivity (Wildman–Crippen MR) is 79.3 cm³/mol. The lowest BCUT2D eigenvalue weighted by Crippen LogP contribution is -2.30. The highest BCUT2D eigenvalue weighted by Gasteiger charge is 2.20. The van der Waals surface area contributed by atoms with Crippen LogP contribution in [0.25, 0.3) is 0 Å². The van der Waals surface area contributed by atoms with Crippen LogP contribution >= 0.6 is 0 Å². The van der Waals surface area contributed by atoms with Gasteiger partial charge in [0.05, 0.1) is 0 Å². The molecule has 0 bridgehead atoms. The van der Waals surface area contributed by atoms with Crippen LogP contribution in [0.5, 0.6) is 0 Å². The molecule has 1 aromatic carbocycles. The van der Waals surface area contributed by atoms with Crippen molar-refractivity contribution >= 4 is 15.7 Å². The summed E-state index contributed by atoms with van der Waals surface area (Å²) >= 11 is 0. The molecule has 0 spiro atoms. The lowest BCUT2D eigenvalue weighted by molar-refractivity contribution is 0.443. The second kappa shape index (κ2) is 7.59. The lowest BCUT2D eigenvalue weighted by atomic mass is 10.00. The number of hydrogen-bond donors (Lipinski definition) is 2. The van der Waals surface area contributed by atoms with E-state index in [9.17, 15) is 12.8 Å². The van der Waals surface area contributed by atoms with E-state index in [1.165, 1.54) is 12.1 Å². The Morgan fingerprint density at radius 3 is 2.60 bits per heavy atom. The van der Waals surface area contributed by atoms with Crippen molar-refractivity contribution in [2.45, 2.75) is 44.4 Å². The molecular formula is C14H23FN2O2S. The van der Waals surface area contributed by atoms with Gasteiger partial charge in [-0.2, -0.15) is 0 Å². The van der Waals surface area contributed by atoms with Crippen LogP contribution in [0.15, 0.2) is 23.1 Å². The second-order valence-corrected chi connectivity index (χ2v) is 6.69. The molecule has 0 aliphatic carbocycles. The van der Waals surface area contributed by atoms with Gasteiger partial charge in [-0.15, -0.1) is 0 Å². The Morgan fingerprint density at radius 1 is 1.35 bits per heavy atom. The smallest absolute Gasteiger partial charge is 0.243 e. The van der Waals surface area contributed by atoms with Gasteiger partial charge in [0.1, 0.15) is 10.7 Å². The van der Waals surface area contributed by atoms with E-state index >= 15 is 0 Å². The average molecular weight is 302 g/mol. The summed E-state index contributed by atoms with van der Waals surface area (Å²) in [5.74, 6) is -0.541. The summed E-state index contributed by atoms with van der Waals surface area (Å²) < 4.78 is 40.3. The van der Waals surface area contributed by atoms with E-state index < -0.39 is 15.8 Å². The minimum atomic E-state index is -3.82.